The van der Waals surface area contributed by atoms with Crippen molar-refractivity contribution < 1.29 is 4.39 Å². The Morgan fingerprint density at radius 1 is 1.11 bits per heavy atom. The summed E-state index contributed by atoms with van der Waals surface area (Å²) >= 11 is 0. The number of aryl methyl sites for hydroxylation is 1. The Morgan fingerprint density at radius 3 is 2.47 bits per heavy atom. The van der Waals surface area contributed by atoms with Crippen molar-refractivity contribution in [3.8, 4) is 0 Å². The second-order valence-electron chi connectivity index (χ2n) is 4.65. The van der Waals surface area contributed by atoms with Crippen LogP contribution in [-0.2, 0) is 6.42 Å². The molecule has 19 heavy (non-hydrogen) atoms. The molecule has 1 unspecified atom stereocenters. The Hall–Kier alpha value is -1.71. The summed E-state index contributed by atoms with van der Waals surface area (Å²) in [7, 11) is 0. The fraction of sp³-hybridized carbons (Fsp3) is 0.250. The minimum atomic E-state index is -0.237. The molecule has 2 aromatic rings. The monoisotopic (exact) mass is 258 g/mol. The lowest BCUT2D eigenvalue weighted by Crippen LogP contribution is -2.28. The van der Waals surface area contributed by atoms with Gasteiger partial charge < -0.3 is 0 Å². The van der Waals surface area contributed by atoms with Crippen molar-refractivity contribution in [2.75, 3.05) is 0 Å². The Labute approximate surface area is 113 Å². The maximum Gasteiger partial charge on any atom is 0.123 e. The molecule has 0 saturated heterocycles. The minimum Gasteiger partial charge on any atom is -0.271 e. The molecule has 0 fully saturated rings. The molecule has 0 aliphatic rings. The predicted molar refractivity (Wildman–Crippen MR) is 76.0 cm³/mol. The SMILES string of the molecule is CCCc1cccc(C(NN)c2ccc(F)cc2)c1. The van der Waals surface area contributed by atoms with E-state index in [4.69, 9.17) is 5.84 Å². The third-order valence-corrected chi connectivity index (χ3v) is 3.19. The van der Waals surface area contributed by atoms with E-state index in [1.54, 1.807) is 12.1 Å². The van der Waals surface area contributed by atoms with Gasteiger partial charge in [0.25, 0.3) is 0 Å². The molecule has 100 valence electrons. The number of rotatable bonds is 5. The zero-order valence-corrected chi connectivity index (χ0v) is 11.1. The number of halogens is 1. The van der Waals surface area contributed by atoms with Gasteiger partial charge in [-0.05, 0) is 35.2 Å². The largest absolute Gasteiger partial charge is 0.271 e. The summed E-state index contributed by atoms with van der Waals surface area (Å²) in [5.41, 5.74) is 6.15. The van der Waals surface area contributed by atoms with Gasteiger partial charge in [0, 0.05) is 0 Å². The van der Waals surface area contributed by atoms with E-state index in [0.29, 0.717) is 0 Å². The van der Waals surface area contributed by atoms with Crippen LogP contribution in [0.2, 0.25) is 0 Å². The highest BCUT2D eigenvalue weighted by Gasteiger charge is 2.12. The third-order valence-electron chi connectivity index (χ3n) is 3.19. The van der Waals surface area contributed by atoms with Crippen LogP contribution in [0.1, 0.15) is 36.1 Å². The van der Waals surface area contributed by atoms with E-state index in [0.717, 1.165) is 24.0 Å². The molecule has 0 amide bonds. The molecule has 2 aromatic carbocycles. The van der Waals surface area contributed by atoms with Crippen LogP contribution >= 0.6 is 0 Å². The highest BCUT2D eigenvalue weighted by atomic mass is 19.1. The second-order valence-corrected chi connectivity index (χ2v) is 4.65. The summed E-state index contributed by atoms with van der Waals surface area (Å²) in [5, 5.41) is 0. The van der Waals surface area contributed by atoms with Crippen molar-refractivity contribution >= 4 is 0 Å². The number of benzene rings is 2. The fourth-order valence-corrected chi connectivity index (χ4v) is 2.26. The van der Waals surface area contributed by atoms with E-state index in [-0.39, 0.29) is 11.9 Å². The Morgan fingerprint density at radius 2 is 1.84 bits per heavy atom. The highest BCUT2D eigenvalue weighted by Crippen LogP contribution is 2.22. The molecule has 2 rings (SSSR count). The molecule has 2 nitrogen and oxygen atoms in total. The van der Waals surface area contributed by atoms with Crippen LogP contribution in [0.4, 0.5) is 4.39 Å². The van der Waals surface area contributed by atoms with Gasteiger partial charge in [-0.15, -0.1) is 0 Å². The molecule has 3 N–H and O–H groups in total. The van der Waals surface area contributed by atoms with Crippen LogP contribution in [0.3, 0.4) is 0 Å². The molecule has 0 radical (unpaired) electrons. The first kappa shape index (κ1) is 13.7. The summed E-state index contributed by atoms with van der Waals surface area (Å²) < 4.78 is 13.0. The molecular weight excluding hydrogens is 239 g/mol. The zero-order valence-electron chi connectivity index (χ0n) is 11.1. The van der Waals surface area contributed by atoms with Gasteiger partial charge >= 0.3 is 0 Å². The fourth-order valence-electron chi connectivity index (χ4n) is 2.26. The van der Waals surface area contributed by atoms with E-state index in [1.165, 1.54) is 17.7 Å². The van der Waals surface area contributed by atoms with E-state index < -0.39 is 0 Å². The van der Waals surface area contributed by atoms with Crippen LogP contribution in [0, 0.1) is 5.82 Å². The summed E-state index contributed by atoms with van der Waals surface area (Å²) in [5.74, 6) is 5.42. The molecular formula is C16H19FN2. The minimum absolute atomic E-state index is 0.114. The molecule has 0 saturated carbocycles. The van der Waals surface area contributed by atoms with E-state index in [9.17, 15) is 4.39 Å². The molecule has 0 heterocycles. The summed E-state index contributed by atoms with van der Waals surface area (Å²) in [4.78, 5) is 0. The summed E-state index contributed by atoms with van der Waals surface area (Å²) in [6.45, 7) is 2.16. The van der Waals surface area contributed by atoms with E-state index in [1.807, 2.05) is 12.1 Å². The first-order valence-electron chi connectivity index (χ1n) is 6.55. The van der Waals surface area contributed by atoms with Gasteiger partial charge in [0.2, 0.25) is 0 Å². The van der Waals surface area contributed by atoms with E-state index in [2.05, 4.69) is 24.5 Å². The van der Waals surface area contributed by atoms with Gasteiger partial charge in [-0.1, -0.05) is 49.7 Å². The average molecular weight is 258 g/mol. The van der Waals surface area contributed by atoms with Crippen LogP contribution in [-0.4, -0.2) is 0 Å². The van der Waals surface area contributed by atoms with Gasteiger partial charge in [-0.3, -0.25) is 5.84 Å². The molecule has 0 aliphatic carbocycles. The zero-order chi connectivity index (χ0) is 13.7. The third kappa shape index (κ3) is 3.40. The lowest BCUT2D eigenvalue weighted by molar-refractivity contribution is 0.615. The Balaban J connectivity index is 2.30. The second kappa shape index (κ2) is 6.45. The van der Waals surface area contributed by atoms with Crippen LogP contribution in [0.15, 0.2) is 48.5 Å². The van der Waals surface area contributed by atoms with Gasteiger partial charge in [0.1, 0.15) is 5.82 Å². The Bertz CT molecular complexity index is 523. The maximum atomic E-state index is 13.0. The van der Waals surface area contributed by atoms with Crippen LogP contribution in [0.25, 0.3) is 0 Å². The smallest absolute Gasteiger partial charge is 0.123 e. The maximum absolute atomic E-state index is 13.0. The summed E-state index contributed by atoms with van der Waals surface area (Å²) in [6.07, 6.45) is 2.16. The molecule has 1 atom stereocenters. The number of hydrogen-bond donors (Lipinski definition) is 2. The number of hydrogen-bond acceptors (Lipinski definition) is 2. The number of nitrogens with one attached hydrogen (secondary N) is 1. The van der Waals surface area contributed by atoms with E-state index >= 15 is 0 Å². The normalized spacial score (nSPS) is 12.4. The van der Waals surface area contributed by atoms with Crippen LogP contribution < -0.4 is 11.3 Å². The number of nitrogens with two attached hydrogens (primary N) is 1. The van der Waals surface area contributed by atoms with Crippen molar-refractivity contribution in [3.05, 3.63) is 71.0 Å². The molecule has 3 heteroatoms. The lowest BCUT2D eigenvalue weighted by atomic mass is 9.96. The summed E-state index contributed by atoms with van der Waals surface area (Å²) in [6, 6.07) is 14.6. The van der Waals surface area contributed by atoms with Crippen molar-refractivity contribution in [2.45, 2.75) is 25.8 Å². The first-order valence-corrected chi connectivity index (χ1v) is 6.55. The quantitative estimate of drug-likeness (QED) is 0.637. The van der Waals surface area contributed by atoms with Crippen molar-refractivity contribution in [3.63, 3.8) is 0 Å². The van der Waals surface area contributed by atoms with Crippen molar-refractivity contribution in [1.29, 1.82) is 0 Å². The first-order chi connectivity index (χ1) is 9.24. The predicted octanol–water partition coefficient (Wildman–Crippen LogP) is 3.33. The molecule has 0 aliphatic heterocycles. The number of hydrazine groups is 1. The lowest BCUT2D eigenvalue weighted by Gasteiger charge is -2.17. The molecule has 0 aromatic heterocycles. The molecule has 0 bridgehead atoms. The highest BCUT2D eigenvalue weighted by molar-refractivity contribution is 5.34. The van der Waals surface area contributed by atoms with Crippen molar-refractivity contribution in [1.82, 2.24) is 5.43 Å². The topological polar surface area (TPSA) is 38.0 Å². The van der Waals surface area contributed by atoms with Crippen molar-refractivity contribution in [2.24, 2.45) is 5.84 Å². The Kier molecular flexibility index (Phi) is 4.66. The van der Waals surface area contributed by atoms with Crippen LogP contribution in [0.5, 0.6) is 0 Å². The van der Waals surface area contributed by atoms with Gasteiger partial charge in [-0.2, -0.15) is 0 Å². The molecule has 0 spiro atoms. The van der Waals surface area contributed by atoms with Gasteiger partial charge in [-0.25, -0.2) is 9.82 Å². The van der Waals surface area contributed by atoms with Gasteiger partial charge in [0.15, 0.2) is 0 Å². The standard InChI is InChI=1S/C16H19FN2/c1-2-4-12-5-3-6-14(11-12)16(19-18)13-7-9-15(17)10-8-13/h3,5-11,16,19H,2,4,18H2,1H3. The average Bonchev–Trinajstić information content (AvgIpc) is 2.43. The van der Waals surface area contributed by atoms with Gasteiger partial charge in [0.05, 0.1) is 6.04 Å².